The zero-order valence-electron chi connectivity index (χ0n) is 15.9. The quantitative estimate of drug-likeness (QED) is 0.681. The fourth-order valence-electron chi connectivity index (χ4n) is 3.80. The number of halogens is 1. The van der Waals surface area contributed by atoms with Gasteiger partial charge in [0, 0.05) is 37.2 Å². The van der Waals surface area contributed by atoms with E-state index in [1.54, 1.807) is 24.4 Å². The molecule has 8 nitrogen and oxygen atoms in total. The minimum Gasteiger partial charge on any atom is -0.368 e. The average molecular weight is 398 g/mol. The summed E-state index contributed by atoms with van der Waals surface area (Å²) in [6.07, 6.45) is 5.38. The first-order valence-corrected chi connectivity index (χ1v) is 9.82. The summed E-state index contributed by atoms with van der Waals surface area (Å²) in [7, 11) is 0. The molecule has 1 aliphatic carbocycles. The minimum atomic E-state index is -0.339. The van der Waals surface area contributed by atoms with E-state index in [1.807, 2.05) is 0 Å². The third-order valence-electron chi connectivity index (χ3n) is 5.68. The summed E-state index contributed by atoms with van der Waals surface area (Å²) in [6, 6.07) is 6.21. The molecule has 0 radical (unpaired) electrons. The lowest BCUT2D eigenvalue weighted by atomic mass is 9.66. The van der Waals surface area contributed by atoms with E-state index in [2.05, 4.69) is 31.1 Å². The van der Waals surface area contributed by atoms with Crippen molar-refractivity contribution in [3.8, 4) is 0 Å². The number of nitrogens with one attached hydrogen (secondary N) is 3. The molecule has 3 N–H and O–H groups in total. The van der Waals surface area contributed by atoms with Gasteiger partial charge in [0.1, 0.15) is 11.6 Å². The Labute approximate surface area is 167 Å². The molecule has 152 valence electrons. The Morgan fingerprint density at radius 1 is 1.28 bits per heavy atom. The SMILES string of the molecule is O=C1CCC(NC(=O)c2ccc(NCC3(c4ncccc4F)CCC3)nn2)CN1. The maximum atomic E-state index is 14.2. The highest BCUT2D eigenvalue weighted by atomic mass is 19.1. The number of anilines is 1. The van der Waals surface area contributed by atoms with E-state index in [9.17, 15) is 14.0 Å². The van der Waals surface area contributed by atoms with Crippen molar-refractivity contribution < 1.29 is 14.0 Å². The monoisotopic (exact) mass is 398 g/mol. The first kappa shape index (κ1) is 19.2. The van der Waals surface area contributed by atoms with Crippen molar-refractivity contribution in [2.45, 2.75) is 43.6 Å². The molecule has 0 bridgehead atoms. The van der Waals surface area contributed by atoms with Crippen LogP contribution < -0.4 is 16.0 Å². The molecule has 2 amide bonds. The van der Waals surface area contributed by atoms with Crippen molar-refractivity contribution in [2.75, 3.05) is 18.4 Å². The zero-order valence-corrected chi connectivity index (χ0v) is 15.9. The van der Waals surface area contributed by atoms with Gasteiger partial charge in [0.25, 0.3) is 5.91 Å². The van der Waals surface area contributed by atoms with E-state index >= 15 is 0 Å². The number of nitrogens with zero attached hydrogens (tertiary/aromatic N) is 3. The highest BCUT2D eigenvalue weighted by molar-refractivity contribution is 5.92. The van der Waals surface area contributed by atoms with Gasteiger partial charge in [-0.15, -0.1) is 10.2 Å². The van der Waals surface area contributed by atoms with Gasteiger partial charge >= 0.3 is 0 Å². The molecule has 3 heterocycles. The van der Waals surface area contributed by atoms with E-state index in [1.165, 1.54) is 6.07 Å². The van der Waals surface area contributed by atoms with Crippen molar-refractivity contribution in [3.63, 3.8) is 0 Å². The number of pyridine rings is 1. The summed E-state index contributed by atoms with van der Waals surface area (Å²) in [6.45, 7) is 0.923. The van der Waals surface area contributed by atoms with Gasteiger partial charge in [-0.2, -0.15) is 0 Å². The Morgan fingerprint density at radius 2 is 2.14 bits per heavy atom. The maximum Gasteiger partial charge on any atom is 0.272 e. The van der Waals surface area contributed by atoms with Crippen LogP contribution in [0.5, 0.6) is 0 Å². The van der Waals surface area contributed by atoms with Crippen molar-refractivity contribution in [1.82, 2.24) is 25.8 Å². The lowest BCUT2D eigenvalue weighted by Crippen LogP contribution is -2.47. The highest BCUT2D eigenvalue weighted by Crippen LogP contribution is 2.43. The zero-order chi connectivity index (χ0) is 20.3. The molecule has 2 aromatic heterocycles. The molecule has 1 saturated carbocycles. The van der Waals surface area contributed by atoms with E-state index in [0.29, 0.717) is 37.4 Å². The second-order valence-electron chi connectivity index (χ2n) is 7.64. The van der Waals surface area contributed by atoms with Crippen LogP contribution in [0.15, 0.2) is 30.5 Å². The smallest absolute Gasteiger partial charge is 0.272 e. The summed E-state index contributed by atoms with van der Waals surface area (Å²) in [5.41, 5.74) is 0.359. The van der Waals surface area contributed by atoms with Crippen LogP contribution in [0.1, 0.15) is 48.3 Å². The molecular weight excluding hydrogens is 375 g/mol. The third-order valence-corrected chi connectivity index (χ3v) is 5.68. The number of piperidine rings is 1. The standard InChI is InChI=1S/C20H23FN6O2/c21-14-3-1-10-22-18(14)20(8-2-9-20)12-24-16-6-5-15(26-27-16)19(29)25-13-4-7-17(28)23-11-13/h1,3,5-6,10,13H,2,4,7-9,11-12H2,(H,23,28)(H,24,27)(H,25,29). The van der Waals surface area contributed by atoms with Crippen LogP contribution in [-0.4, -0.2) is 46.1 Å². The van der Waals surface area contributed by atoms with Crippen LogP contribution in [0.25, 0.3) is 0 Å². The Hall–Kier alpha value is -3.10. The predicted molar refractivity (Wildman–Crippen MR) is 104 cm³/mol. The predicted octanol–water partition coefficient (Wildman–Crippen LogP) is 1.55. The summed E-state index contributed by atoms with van der Waals surface area (Å²) < 4.78 is 14.2. The van der Waals surface area contributed by atoms with Gasteiger partial charge in [-0.3, -0.25) is 14.6 Å². The second-order valence-corrected chi connectivity index (χ2v) is 7.64. The second kappa shape index (κ2) is 8.10. The van der Waals surface area contributed by atoms with E-state index in [0.717, 1.165) is 19.3 Å². The summed E-state index contributed by atoms with van der Waals surface area (Å²) in [5, 5.41) is 16.9. The number of carbonyl (C=O) groups excluding carboxylic acids is 2. The van der Waals surface area contributed by atoms with Crippen LogP contribution in [0, 0.1) is 5.82 Å². The molecule has 2 aliphatic rings. The number of rotatable bonds is 6. The Morgan fingerprint density at radius 3 is 2.76 bits per heavy atom. The number of aromatic nitrogens is 3. The molecule has 2 fully saturated rings. The van der Waals surface area contributed by atoms with Crippen molar-refractivity contribution in [3.05, 3.63) is 47.7 Å². The number of carbonyl (C=O) groups is 2. The fraction of sp³-hybridized carbons (Fsp3) is 0.450. The molecule has 1 aliphatic heterocycles. The van der Waals surface area contributed by atoms with Crippen LogP contribution in [0.2, 0.25) is 0 Å². The number of amides is 2. The van der Waals surface area contributed by atoms with Gasteiger partial charge in [0.05, 0.1) is 5.69 Å². The molecule has 1 unspecified atom stereocenters. The molecule has 9 heteroatoms. The lowest BCUT2D eigenvalue weighted by Gasteiger charge is -2.41. The summed E-state index contributed by atoms with van der Waals surface area (Å²) in [4.78, 5) is 27.7. The van der Waals surface area contributed by atoms with Gasteiger partial charge < -0.3 is 16.0 Å². The van der Waals surface area contributed by atoms with Gasteiger partial charge in [0.2, 0.25) is 5.91 Å². The first-order valence-electron chi connectivity index (χ1n) is 9.82. The molecule has 29 heavy (non-hydrogen) atoms. The van der Waals surface area contributed by atoms with Crippen LogP contribution >= 0.6 is 0 Å². The molecule has 4 rings (SSSR count). The van der Waals surface area contributed by atoms with E-state index < -0.39 is 0 Å². The van der Waals surface area contributed by atoms with Gasteiger partial charge in [-0.25, -0.2) is 4.39 Å². The molecular formula is C20H23FN6O2. The van der Waals surface area contributed by atoms with Crippen molar-refractivity contribution >= 4 is 17.6 Å². The van der Waals surface area contributed by atoms with Crippen LogP contribution in [-0.2, 0) is 10.2 Å². The molecule has 0 aromatic carbocycles. The Bertz CT molecular complexity index is 890. The van der Waals surface area contributed by atoms with Gasteiger partial charge in [-0.05, 0) is 43.5 Å². The van der Waals surface area contributed by atoms with Crippen molar-refractivity contribution in [2.24, 2.45) is 0 Å². The van der Waals surface area contributed by atoms with Crippen LogP contribution in [0.3, 0.4) is 0 Å². The highest BCUT2D eigenvalue weighted by Gasteiger charge is 2.41. The largest absolute Gasteiger partial charge is 0.368 e. The normalized spacial score (nSPS) is 20.3. The van der Waals surface area contributed by atoms with Crippen LogP contribution in [0.4, 0.5) is 10.2 Å². The molecule has 2 aromatic rings. The fourth-order valence-corrected chi connectivity index (χ4v) is 3.80. The Balaban J connectivity index is 1.35. The first-order chi connectivity index (χ1) is 14.1. The van der Waals surface area contributed by atoms with Crippen molar-refractivity contribution in [1.29, 1.82) is 0 Å². The summed E-state index contributed by atoms with van der Waals surface area (Å²) in [5.74, 6) is -0.0862. The van der Waals surface area contributed by atoms with E-state index in [4.69, 9.17) is 0 Å². The number of hydrogen-bond acceptors (Lipinski definition) is 6. The Kier molecular flexibility index (Phi) is 5.37. The summed E-state index contributed by atoms with van der Waals surface area (Å²) >= 11 is 0. The lowest BCUT2D eigenvalue weighted by molar-refractivity contribution is -0.122. The van der Waals surface area contributed by atoms with Gasteiger partial charge in [-0.1, -0.05) is 6.42 Å². The molecule has 1 saturated heterocycles. The maximum absolute atomic E-state index is 14.2. The minimum absolute atomic E-state index is 0.000497. The topological polar surface area (TPSA) is 109 Å². The van der Waals surface area contributed by atoms with E-state index in [-0.39, 0.29) is 34.8 Å². The molecule has 0 spiro atoms. The third kappa shape index (κ3) is 4.18. The van der Waals surface area contributed by atoms with Gasteiger partial charge in [0.15, 0.2) is 5.69 Å². The molecule has 1 atom stereocenters. The number of hydrogen-bond donors (Lipinski definition) is 3. The average Bonchev–Trinajstić information content (AvgIpc) is 2.70.